The van der Waals surface area contributed by atoms with Crippen molar-refractivity contribution >= 4 is 45.0 Å². The van der Waals surface area contributed by atoms with E-state index in [2.05, 4.69) is 20.2 Å². The van der Waals surface area contributed by atoms with E-state index in [1.54, 1.807) is 0 Å². The first-order chi connectivity index (χ1) is 19.4. The fourth-order valence-corrected chi connectivity index (χ4v) is 5.54. The molecule has 7 aromatic rings. The first-order valence-corrected chi connectivity index (χ1v) is 13.2. The summed E-state index contributed by atoms with van der Waals surface area (Å²) >= 11 is 12.8. The van der Waals surface area contributed by atoms with Gasteiger partial charge in [-0.05, 0) is 83.4 Å². The molecular weight excluding hydrogens is 547 g/mol. The minimum absolute atomic E-state index is 0.0138. The average Bonchev–Trinajstić information content (AvgIpc) is 3.70. The maximum absolute atomic E-state index is 10.2. The van der Waals surface area contributed by atoms with Crippen LogP contribution in [0.15, 0.2) is 95.7 Å². The molecule has 0 unspecified atom stereocenters. The maximum atomic E-state index is 10.2. The number of rotatable bonds is 5. The van der Waals surface area contributed by atoms with Crippen molar-refractivity contribution in [2.24, 2.45) is 0 Å². The van der Waals surface area contributed by atoms with Crippen molar-refractivity contribution in [2.75, 3.05) is 0 Å². The number of hydrogen-bond donors (Lipinski definition) is 4. The molecule has 4 N–H and O–H groups in total. The average molecular weight is 567 g/mol. The number of fused-ring (bicyclic) bond motifs is 2. The number of H-pyrrole nitrogens is 2. The van der Waals surface area contributed by atoms with E-state index >= 15 is 0 Å². The number of aromatic hydroxyl groups is 2. The maximum Gasteiger partial charge on any atom is 0.252 e. The van der Waals surface area contributed by atoms with Crippen LogP contribution in [0.4, 0.5) is 0 Å². The van der Waals surface area contributed by atoms with Crippen LogP contribution in [0.2, 0.25) is 10.0 Å². The molecule has 196 valence electrons. The van der Waals surface area contributed by atoms with Gasteiger partial charge in [-0.1, -0.05) is 35.3 Å². The summed E-state index contributed by atoms with van der Waals surface area (Å²) in [6, 6.07) is 23.7. The van der Waals surface area contributed by atoms with E-state index in [4.69, 9.17) is 27.6 Å². The third-order valence-electron chi connectivity index (χ3n) is 7.10. The zero-order valence-electron chi connectivity index (χ0n) is 20.7. The second-order valence-electron chi connectivity index (χ2n) is 9.54. The summed E-state index contributed by atoms with van der Waals surface area (Å²) in [5.74, 6) is 0.176. The summed E-state index contributed by atoms with van der Waals surface area (Å²) in [5, 5.41) is 31.6. The van der Waals surface area contributed by atoms with E-state index in [0.717, 1.165) is 38.5 Å². The molecule has 0 saturated carbocycles. The molecule has 40 heavy (non-hydrogen) atoms. The molecule has 9 heteroatoms. The minimum atomic E-state index is -0.143. The van der Waals surface area contributed by atoms with E-state index in [9.17, 15) is 10.2 Å². The fraction of sp³-hybridized carbons (Fsp3) is 0.0323. The third-order valence-corrected chi connectivity index (χ3v) is 7.57. The van der Waals surface area contributed by atoms with E-state index in [-0.39, 0.29) is 28.9 Å². The Morgan fingerprint density at radius 3 is 1.90 bits per heavy atom. The van der Waals surface area contributed by atoms with Crippen LogP contribution >= 0.6 is 23.2 Å². The number of nitrogens with zero attached hydrogens (tertiary/aromatic N) is 2. The number of halogens is 2. The van der Waals surface area contributed by atoms with Crippen LogP contribution in [0.5, 0.6) is 11.5 Å². The van der Waals surface area contributed by atoms with Gasteiger partial charge in [0.05, 0.1) is 5.56 Å². The monoisotopic (exact) mass is 566 g/mol. The largest absolute Gasteiger partial charge is 0.508 e. The Labute approximate surface area is 237 Å². The van der Waals surface area contributed by atoms with Crippen molar-refractivity contribution in [2.45, 2.75) is 5.92 Å². The van der Waals surface area contributed by atoms with Crippen molar-refractivity contribution in [3.63, 3.8) is 0 Å². The lowest BCUT2D eigenvalue weighted by molar-refractivity contribution is 0.459. The molecule has 0 aliphatic heterocycles. The first-order valence-electron chi connectivity index (χ1n) is 12.4. The van der Waals surface area contributed by atoms with Crippen LogP contribution in [0.1, 0.15) is 22.6 Å². The van der Waals surface area contributed by atoms with E-state index < -0.39 is 0 Å². The van der Waals surface area contributed by atoms with Gasteiger partial charge in [-0.3, -0.25) is 0 Å². The molecule has 3 heterocycles. The Morgan fingerprint density at radius 2 is 1.27 bits per heavy atom. The predicted molar refractivity (Wildman–Crippen MR) is 156 cm³/mol. The van der Waals surface area contributed by atoms with Crippen LogP contribution in [0.25, 0.3) is 44.7 Å². The fourth-order valence-electron chi connectivity index (χ4n) is 5.20. The molecule has 0 saturated heterocycles. The quantitative estimate of drug-likeness (QED) is 0.157. The highest BCUT2D eigenvalue weighted by atomic mass is 35.5. The van der Waals surface area contributed by atoms with Gasteiger partial charge in [-0.25, -0.2) is 0 Å². The molecule has 0 radical (unpaired) electrons. The summed E-state index contributed by atoms with van der Waals surface area (Å²) in [4.78, 5) is 6.77. The number of aromatic amines is 2. The normalized spacial score (nSPS) is 11.7. The molecule has 0 fully saturated rings. The van der Waals surface area contributed by atoms with Gasteiger partial charge >= 0.3 is 0 Å². The van der Waals surface area contributed by atoms with Gasteiger partial charge < -0.3 is 24.6 Å². The van der Waals surface area contributed by atoms with E-state index in [1.807, 2.05) is 73.1 Å². The molecule has 0 aliphatic carbocycles. The van der Waals surface area contributed by atoms with Gasteiger partial charge in [-0.2, -0.15) is 0 Å². The Bertz CT molecular complexity index is 1940. The smallest absolute Gasteiger partial charge is 0.252 e. The first kappa shape index (κ1) is 24.3. The zero-order chi connectivity index (χ0) is 27.4. The number of phenolic OH excluding ortho intramolecular Hbond substituents is 2. The van der Waals surface area contributed by atoms with Crippen molar-refractivity contribution in [1.82, 2.24) is 20.2 Å². The number of benzene rings is 4. The second kappa shape index (κ2) is 9.48. The zero-order valence-corrected chi connectivity index (χ0v) is 22.2. The Balaban J connectivity index is 1.33. The van der Waals surface area contributed by atoms with Crippen LogP contribution in [-0.4, -0.2) is 30.4 Å². The summed E-state index contributed by atoms with van der Waals surface area (Å²) in [6.45, 7) is 0. The van der Waals surface area contributed by atoms with Gasteiger partial charge in [0.1, 0.15) is 11.5 Å². The van der Waals surface area contributed by atoms with Crippen LogP contribution in [0, 0.1) is 0 Å². The van der Waals surface area contributed by atoms with Crippen molar-refractivity contribution in [3.8, 4) is 34.4 Å². The van der Waals surface area contributed by atoms with Gasteiger partial charge in [0, 0.05) is 55.7 Å². The molecule has 0 bridgehead atoms. The third kappa shape index (κ3) is 4.16. The molecule has 7 nitrogen and oxygen atoms in total. The highest BCUT2D eigenvalue weighted by Crippen LogP contribution is 2.41. The molecule has 0 atom stereocenters. The van der Waals surface area contributed by atoms with Gasteiger partial charge in [-0.15, -0.1) is 10.2 Å². The molecular formula is C31H20Cl2N4O3. The summed E-state index contributed by atoms with van der Waals surface area (Å²) < 4.78 is 5.85. The molecule has 0 spiro atoms. The molecule has 7 rings (SSSR count). The lowest BCUT2D eigenvalue weighted by Crippen LogP contribution is -2.02. The lowest BCUT2D eigenvalue weighted by atomic mass is 9.84. The Hall–Kier alpha value is -4.72. The topological polar surface area (TPSA) is 111 Å². The number of phenols is 2. The number of nitrogens with one attached hydrogen (secondary N) is 2. The van der Waals surface area contributed by atoms with E-state index in [1.165, 1.54) is 18.2 Å². The van der Waals surface area contributed by atoms with Gasteiger partial charge in [0.2, 0.25) is 5.89 Å². The van der Waals surface area contributed by atoms with Crippen molar-refractivity contribution in [1.29, 1.82) is 0 Å². The number of hydrogen-bond acceptors (Lipinski definition) is 5. The highest BCUT2D eigenvalue weighted by Gasteiger charge is 2.24. The molecule has 0 amide bonds. The summed E-state index contributed by atoms with van der Waals surface area (Å²) in [7, 11) is 0. The molecule has 4 aromatic carbocycles. The molecule has 0 aliphatic rings. The van der Waals surface area contributed by atoms with Crippen LogP contribution in [-0.2, 0) is 0 Å². The van der Waals surface area contributed by atoms with Crippen molar-refractivity contribution in [3.05, 3.63) is 118 Å². The highest BCUT2D eigenvalue weighted by molar-refractivity contribution is 6.31. The minimum Gasteiger partial charge on any atom is -0.508 e. The Kier molecular flexibility index (Phi) is 5.77. The van der Waals surface area contributed by atoms with Gasteiger partial charge in [0.15, 0.2) is 0 Å². The summed E-state index contributed by atoms with van der Waals surface area (Å²) in [5.41, 5.74) is 6.14. The van der Waals surface area contributed by atoms with Crippen LogP contribution in [0.3, 0.4) is 0 Å². The van der Waals surface area contributed by atoms with Crippen LogP contribution < -0.4 is 0 Å². The van der Waals surface area contributed by atoms with Gasteiger partial charge in [0.25, 0.3) is 5.89 Å². The lowest BCUT2D eigenvalue weighted by Gasteiger charge is -2.18. The second-order valence-corrected chi connectivity index (χ2v) is 10.4. The number of aromatic nitrogens is 4. The Morgan fingerprint density at radius 1 is 0.675 bits per heavy atom. The summed E-state index contributed by atoms with van der Waals surface area (Å²) in [6.07, 6.45) is 4.05. The standard InChI is InChI=1S/C31H20Cl2N4O3/c32-18-5-8-26-21(11-18)24(14-34-26)29(25-15-35-27-9-6-19(33)12-22(25)27)16-1-3-17(4-2-16)30-36-37-31(40-30)23-13-20(38)7-10-28(23)39/h1-15,29,34-35,38-39H. The van der Waals surface area contributed by atoms with Crippen molar-refractivity contribution < 1.29 is 14.6 Å². The molecule has 3 aromatic heterocycles. The predicted octanol–water partition coefficient (Wildman–Crippen LogP) is 8.26. The van der Waals surface area contributed by atoms with E-state index in [0.29, 0.717) is 21.5 Å². The SMILES string of the molecule is Oc1ccc(O)c(-c2nnc(-c3ccc(C(c4c[nH]c5ccc(Cl)cc45)c4c[nH]c5ccc(Cl)cc45)cc3)o2)c1.